The van der Waals surface area contributed by atoms with E-state index in [4.69, 9.17) is 21.3 Å². The summed E-state index contributed by atoms with van der Waals surface area (Å²) in [5, 5.41) is 0.762. The third kappa shape index (κ3) is 5.23. The molecule has 5 rings (SSSR count). The zero-order valence-corrected chi connectivity index (χ0v) is 24.3. The van der Waals surface area contributed by atoms with Crippen LogP contribution < -0.4 is 10.6 Å². The molecule has 0 N–H and O–H groups in total. The van der Waals surface area contributed by atoms with Crippen LogP contribution in [0.25, 0.3) is 11.2 Å². The number of ether oxygens (including phenoxy) is 1. The van der Waals surface area contributed by atoms with Gasteiger partial charge in [0.2, 0.25) is 0 Å². The minimum absolute atomic E-state index is 0.158. The van der Waals surface area contributed by atoms with E-state index in [2.05, 4.69) is 59.2 Å². The Balaban J connectivity index is 1.48. The molecule has 8 nitrogen and oxygen atoms in total. The lowest BCUT2D eigenvalue weighted by Crippen LogP contribution is -2.58. The standard InChI is InChI=1S/C29H41ClN6O2/c1-18(2)14-25(22-9-11-23(30)12-10-22)34-15-20(4)35(16-19(34)3)27-26-28(33(6)29(37)32-27)36(21(5)31-26)17-24-8-7-13-38-24/h9-12,18-20,24-25H,7-8,13-17H2,1-6H3/t19-,20+,24+,25?/m1/s1. The van der Waals surface area contributed by atoms with Gasteiger partial charge >= 0.3 is 5.69 Å². The highest BCUT2D eigenvalue weighted by atomic mass is 35.5. The highest BCUT2D eigenvalue weighted by molar-refractivity contribution is 6.30. The van der Waals surface area contributed by atoms with Gasteiger partial charge in [0.1, 0.15) is 17.0 Å². The summed E-state index contributed by atoms with van der Waals surface area (Å²) in [6, 6.07) is 9.04. The Labute approximate surface area is 230 Å². The largest absolute Gasteiger partial charge is 0.376 e. The average molecular weight is 541 g/mol. The molecule has 2 aromatic heterocycles. The summed E-state index contributed by atoms with van der Waals surface area (Å²) >= 11 is 6.21. The van der Waals surface area contributed by atoms with E-state index in [0.29, 0.717) is 24.3 Å². The summed E-state index contributed by atoms with van der Waals surface area (Å²) in [6.07, 6.45) is 3.34. The van der Waals surface area contributed by atoms with Gasteiger partial charge in [-0.2, -0.15) is 4.98 Å². The minimum Gasteiger partial charge on any atom is -0.376 e. The Kier molecular flexibility index (Phi) is 7.85. The summed E-state index contributed by atoms with van der Waals surface area (Å²) < 4.78 is 9.68. The molecule has 0 amide bonds. The zero-order chi connectivity index (χ0) is 27.1. The van der Waals surface area contributed by atoms with Gasteiger partial charge in [0.25, 0.3) is 0 Å². The Bertz CT molecular complexity index is 1330. The first-order chi connectivity index (χ1) is 18.1. The highest BCUT2D eigenvalue weighted by Crippen LogP contribution is 2.35. The van der Waals surface area contributed by atoms with Crippen molar-refractivity contribution in [3.63, 3.8) is 0 Å². The SMILES string of the molecule is Cc1nc2c(N3C[C@@H](C)N(C(CC(C)C)c4ccc(Cl)cc4)C[C@@H]3C)nc(=O)n(C)c2n1C[C@@H]1CCCO1. The predicted molar refractivity (Wildman–Crippen MR) is 153 cm³/mol. The number of imidazole rings is 1. The molecule has 0 saturated carbocycles. The lowest BCUT2D eigenvalue weighted by molar-refractivity contribution is 0.0960. The Hall–Kier alpha value is -2.42. The van der Waals surface area contributed by atoms with Crippen LogP contribution >= 0.6 is 11.6 Å². The molecule has 2 fully saturated rings. The van der Waals surface area contributed by atoms with Crippen molar-refractivity contribution in [1.29, 1.82) is 0 Å². The normalized spacial score (nSPS) is 23.6. The topological polar surface area (TPSA) is 68.4 Å². The summed E-state index contributed by atoms with van der Waals surface area (Å²) in [7, 11) is 1.79. The first kappa shape index (κ1) is 27.2. The van der Waals surface area contributed by atoms with Gasteiger partial charge in [-0.15, -0.1) is 0 Å². The van der Waals surface area contributed by atoms with Crippen LogP contribution in [0.1, 0.15) is 64.4 Å². The first-order valence-electron chi connectivity index (χ1n) is 14.0. The molecule has 2 saturated heterocycles. The summed E-state index contributed by atoms with van der Waals surface area (Å²) in [5.74, 6) is 2.15. The fraction of sp³-hybridized carbons (Fsp3) is 0.621. The number of piperazine rings is 1. The van der Waals surface area contributed by atoms with Crippen LogP contribution in [0, 0.1) is 12.8 Å². The molecule has 4 atom stereocenters. The fourth-order valence-corrected chi connectivity index (χ4v) is 6.37. The number of hydrogen-bond donors (Lipinski definition) is 0. The third-order valence-electron chi connectivity index (χ3n) is 8.22. The number of aryl methyl sites for hydroxylation is 2. The molecule has 38 heavy (non-hydrogen) atoms. The van der Waals surface area contributed by atoms with E-state index in [0.717, 1.165) is 61.0 Å². The molecule has 0 bridgehead atoms. The number of nitrogens with zero attached hydrogens (tertiary/aromatic N) is 6. The smallest absolute Gasteiger partial charge is 0.350 e. The van der Waals surface area contributed by atoms with Crippen molar-refractivity contribution < 1.29 is 4.74 Å². The van der Waals surface area contributed by atoms with Gasteiger partial charge in [-0.1, -0.05) is 37.6 Å². The van der Waals surface area contributed by atoms with Gasteiger partial charge in [-0.05, 0) is 63.6 Å². The molecule has 9 heteroatoms. The number of fused-ring (bicyclic) bond motifs is 1. The van der Waals surface area contributed by atoms with E-state index >= 15 is 0 Å². The van der Waals surface area contributed by atoms with E-state index in [1.54, 1.807) is 11.6 Å². The lowest BCUT2D eigenvalue weighted by Gasteiger charge is -2.48. The molecule has 0 spiro atoms. The molecular formula is C29H41ClN6O2. The van der Waals surface area contributed by atoms with Gasteiger partial charge < -0.3 is 14.2 Å². The van der Waals surface area contributed by atoms with Crippen molar-refractivity contribution in [3.8, 4) is 0 Å². The predicted octanol–water partition coefficient (Wildman–Crippen LogP) is 4.96. The van der Waals surface area contributed by atoms with Gasteiger partial charge in [-0.25, -0.2) is 9.78 Å². The minimum atomic E-state index is -0.248. The van der Waals surface area contributed by atoms with Crippen molar-refractivity contribution in [2.45, 2.75) is 84.7 Å². The second-order valence-corrected chi connectivity index (χ2v) is 12.0. The summed E-state index contributed by atoms with van der Waals surface area (Å²) in [5.41, 5.74) is 2.68. The number of anilines is 1. The second kappa shape index (κ2) is 11.0. The van der Waals surface area contributed by atoms with Crippen LogP contribution in [-0.4, -0.2) is 61.9 Å². The Morgan fingerprint density at radius 3 is 2.50 bits per heavy atom. The Morgan fingerprint density at radius 1 is 1.11 bits per heavy atom. The van der Waals surface area contributed by atoms with Crippen molar-refractivity contribution in [1.82, 2.24) is 24.0 Å². The van der Waals surface area contributed by atoms with Crippen LogP contribution in [-0.2, 0) is 18.3 Å². The molecule has 0 aliphatic carbocycles. The molecule has 1 aromatic carbocycles. The van der Waals surface area contributed by atoms with E-state index in [1.807, 2.05) is 19.1 Å². The van der Waals surface area contributed by atoms with Crippen molar-refractivity contribution >= 4 is 28.6 Å². The Morgan fingerprint density at radius 2 is 1.84 bits per heavy atom. The molecule has 3 aromatic rings. The number of rotatable bonds is 7. The number of halogens is 1. The lowest BCUT2D eigenvalue weighted by atomic mass is 9.92. The van der Waals surface area contributed by atoms with E-state index < -0.39 is 0 Å². The summed E-state index contributed by atoms with van der Waals surface area (Å²) in [4.78, 5) is 27.6. The van der Waals surface area contributed by atoms with Crippen LogP contribution in [0.5, 0.6) is 0 Å². The molecule has 1 unspecified atom stereocenters. The van der Waals surface area contributed by atoms with Gasteiger partial charge in [0, 0.05) is 49.9 Å². The monoisotopic (exact) mass is 540 g/mol. The number of aromatic nitrogens is 4. The van der Waals surface area contributed by atoms with Crippen LogP contribution in [0.2, 0.25) is 5.02 Å². The number of hydrogen-bond acceptors (Lipinski definition) is 6. The maximum absolute atomic E-state index is 13.1. The molecule has 2 aliphatic heterocycles. The fourth-order valence-electron chi connectivity index (χ4n) is 6.24. The zero-order valence-electron chi connectivity index (χ0n) is 23.5. The first-order valence-corrected chi connectivity index (χ1v) is 14.3. The van der Waals surface area contributed by atoms with Gasteiger partial charge in [0.15, 0.2) is 5.82 Å². The van der Waals surface area contributed by atoms with Crippen LogP contribution in [0.3, 0.4) is 0 Å². The average Bonchev–Trinajstić information content (AvgIpc) is 3.50. The molecule has 206 valence electrons. The van der Waals surface area contributed by atoms with E-state index in [1.165, 1.54) is 5.56 Å². The third-order valence-corrected chi connectivity index (χ3v) is 8.47. The molecule has 4 heterocycles. The maximum atomic E-state index is 13.1. The van der Waals surface area contributed by atoms with Crippen LogP contribution in [0.4, 0.5) is 5.82 Å². The molecule has 0 radical (unpaired) electrons. The molecular weight excluding hydrogens is 500 g/mol. The van der Waals surface area contributed by atoms with Crippen molar-refractivity contribution in [3.05, 3.63) is 51.2 Å². The van der Waals surface area contributed by atoms with Gasteiger partial charge in [-0.3, -0.25) is 9.47 Å². The van der Waals surface area contributed by atoms with Crippen molar-refractivity contribution in [2.75, 3.05) is 24.6 Å². The maximum Gasteiger partial charge on any atom is 0.350 e. The quantitative estimate of drug-likeness (QED) is 0.422. The van der Waals surface area contributed by atoms with Crippen molar-refractivity contribution in [2.24, 2.45) is 13.0 Å². The summed E-state index contributed by atoms with van der Waals surface area (Å²) in [6.45, 7) is 14.2. The highest BCUT2D eigenvalue weighted by Gasteiger charge is 2.36. The second-order valence-electron chi connectivity index (χ2n) is 11.6. The number of benzene rings is 1. The van der Waals surface area contributed by atoms with Crippen LogP contribution in [0.15, 0.2) is 29.1 Å². The van der Waals surface area contributed by atoms with E-state index in [9.17, 15) is 4.79 Å². The van der Waals surface area contributed by atoms with E-state index in [-0.39, 0.29) is 23.9 Å². The molecule has 2 aliphatic rings. The van der Waals surface area contributed by atoms with Gasteiger partial charge in [0.05, 0.1) is 12.6 Å².